The molecule has 2 rings (SSSR count). The molecule has 0 spiro atoms. The van der Waals surface area contributed by atoms with Gasteiger partial charge in [0, 0.05) is 6.04 Å². The van der Waals surface area contributed by atoms with Gasteiger partial charge in [0.15, 0.2) is 0 Å². The summed E-state index contributed by atoms with van der Waals surface area (Å²) in [7, 11) is 0. The zero-order valence-corrected chi connectivity index (χ0v) is 10.2. The van der Waals surface area contributed by atoms with Gasteiger partial charge < -0.3 is 5.73 Å². The van der Waals surface area contributed by atoms with Crippen LogP contribution >= 0.6 is 0 Å². The Kier molecular flexibility index (Phi) is 4.00. The van der Waals surface area contributed by atoms with E-state index in [4.69, 9.17) is 5.73 Å². The normalized spacial score (nSPS) is 25.4. The zero-order chi connectivity index (χ0) is 11.4. The molecule has 1 aromatic carbocycles. The molecule has 0 saturated heterocycles. The smallest absolute Gasteiger partial charge is 0.00732 e. The molecule has 3 atom stereocenters. The van der Waals surface area contributed by atoms with Crippen molar-refractivity contribution in [3.05, 3.63) is 35.9 Å². The SMILES string of the molecule is CCCCCC(N)C1CC1c1ccccc1. The van der Waals surface area contributed by atoms with Crippen LogP contribution in [0.4, 0.5) is 0 Å². The average molecular weight is 217 g/mol. The van der Waals surface area contributed by atoms with E-state index in [0.717, 1.165) is 11.8 Å². The highest BCUT2D eigenvalue weighted by Gasteiger charge is 2.41. The fraction of sp³-hybridized carbons (Fsp3) is 0.600. The van der Waals surface area contributed by atoms with Gasteiger partial charge in [0.2, 0.25) is 0 Å². The Labute approximate surface area is 99.0 Å². The molecule has 0 aliphatic heterocycles. The molecule has 1 nitrogen and oxygen atoms in total. The largest absolute Gasteiger partial charge is 0.327 e. The second-order valence-corrected chi connectivity index (χ2v) is 5.08. The highest BCUT2D eigenvalue weighted by Crippen LogP contribution is 2.49. The Morgan fingerprint density at radius 3 is 2.69 bits per heavy atom. The van der Waals surface area contributed by atoms with Crippen LogP contribution in [0.15, 0.2) is 30.3 Å². The summed E-state index contributed by atoms with van der Waals surface area (Å²) in [6.07, 6.45) is 6.44. The number of unbranched alkanes of at least 4 members (excludes halogenated alkanes) is 2. The zero-order valence-electron chi connectivity index (χ0n) is 10.2. The highest BCUT2D eigenvalue weighted by atomic mass is 14.7. The molecular weight excluding hydrogens is 194 g/mol. The lowest BCUT2D eigenvalue weighted by Gasteiger charge is -2.10. The highest BCUT2D eigenvalue weighted by molar-refractivity contribution is 5.26. The Balaban J connectivity index is 1.78. The summed E-state index contributed by atoms with van der Waals surface area (Å²) in [5, 5.41) is 0. The summed E-state index contributed by atoms with van der Waals surface area (Å²) < 4.78 is 0. The molecule has 1 aromatic rings. The summed E-state index contributed by atoms with van der Waals surface area (Å²) in [5.41, 5.74) is 7.73. The van der Waals surface area contributed by atoms with Crippen LogP contribution in [-0.2, 0) is 0 Å². The number of hydrogen-bond donors (Lipinski definition) is 1. The Morgan fingerprint density at radius 1 is 1.25 bits per heavy atom. The molecule has 3 unspecified atom stereocenters. The molecule has 0 aromatic heterocycles. The number of rotatable bonds is 6. The molecule has 1 aliphatic carbocycles. The Morgan fingerprint density at radius 2 is 2.00 bits per heavy atom. The van der Waals surface area contributed by atoms with Crippen LogP contribution < -0.4 is 5.73 Å². The van der Waals surface area contributed by atoms with Gasteiger partial charge in [0.1, 0.15) is 0 Å². The van der Waals surface area contributed by atoms with E-state index in [9.17, 15) is 0 Å². The summed E-state index contributed by atoms with van der Waals surface area (Å²) in [4.78, 5) is 0. The third kappa shape index (κ3) is 2.85. The first kappa shape index (κ1) is 11.7. The number of nitrogens with two attached hydrogens (primary N) is 1. The number of hydrogen-bond acceptors (Lipinski definition) is 1. The van der Waals surface area contributed by atoms with E-state index < -0.39 is 0 Å². The van der Waals surface area contributed by atoms with E-state index in [-0.39, 0.29) is 0 Å². The lowest BCUT2D eigenvalue weighted by atomic mass is 10.0. The Bertz CT molecular complexity index is 306. The van der Waals surface area contributed by atoms with Crippen LogP contribution in [0.1, 0.15) is 50.5 Å². The van der Waals surface area contributed by atoms with Gasteiger partial charge in [-0.1, -0.05) is 56.5 Å². The average Bonchev–Trinajstić information content (AvgIpc) is 3.10. The van der Waals surface area contributed by atoms with Crippen molar-refractivity contribution in [1.29, 1.82) is 0 Å². The maximum absolute atomic E-state index is 6.25. The third-order valence-corrected chi connectivity index (χ3v) is 3.76. The summed E-state index contributed by atoms with van der Waals surface area (Å²) >= 11 is 0. The second-order valence-electron chi connectivity index (χ2n) is 5.08. The van der Waals surface area contributed by atoms with Crippen molar-refractivity contribution in [3.8, 4) is 0 Å². The van der Waals surface area contributed by atoms with Crippen molar-refractivity contribution < 1.29 is 0 Å². The summed E-state index contributed by atoms with van der Waals surface area (Å²) in [6.45, 7) is 2.25. The molecular formula is C15H23N. The van der Waals surface area contributed by atoms with Crippen LogP contribution in [0.5, 0.6) is 0 Å². The van der Waals surface area contributed by atoms with Gasteiger partial charge in [-0.05, 0) is 30.2 Å². The van der Waals surface area contributed by atoms with Crippen molar-refractivity contribution in [2.75, 3.05) is 0 Å². The minimum Gasteiger partial charge on any atom is -0.327 e. The van der Waals surface area contributed by atoms with E-state index in [1.807, 2.05) is 0 Å². The topological polar surface area (TPSA) is 26.0 Å². The molecule has 1 aliphatic rings. The first-order chi connectivity index (χ1) is 7.83. The molecule has 0 amide bonds. The van der Waals surface area contributed by atoms with Crippen LogP contribution in [-0.4, -0.2) is 6.04 Å². The standard InChI is InChI=1S/C15H23N/c1-2-3-5-10-15(16)14-11-13(14)12-8-6-4-7-9-12/h4,6-9,13-15H,2-3,5,10-11,16H2,1H3. The monoisotopic (exact) mass is 217 g/mol. The van der Waals surface area contributed by atoms with Crippen molar-refractivity contribution in [2.45, 2.75) is 51.0 Å². The fourth-order valence-corrected chi connectivity index (χ4v) is 2.62. The molecule has 0 radical (unpaired) electrons. The van der Waals surface area contributed by atoms with Crippen molar-refractivity contribution in [2.24, 2.45) is 11.7 Å². The molecule has 0 bridgehead atoms. The third-order valence-electron chi connectivity index (χ3n) is 3.76. The van der Waals surface area contributed by atoms with Crippen LogP contribution in [0.2, 0.25) is 0 Å². The molecule has 1 saturated carbocycles. The molecule has 88 valence electrons. The molecule has 1 heteroatoms. The number of benzene rings is 1. The van der Waals surface area contributed by atoms with Crippen molar-refractivity contribution in [3.63, 3.8) is 0 Å². The van der Waals surface area contributed by atoms with Crippen molar-refractivity contribution in [1.82, 2.24) is 0 Å². The second kappa shape index (κ2) is 5.49. The van der Waals surface area contributed by atoms with Crippen molar-refractivity contribution >= 4 is 0 Å². The molecule has 2 N–H and O–H groups in total. The minimum absolute atomic E-state index is 0.428. The van der Waals surface area contributed by atoms with Crippen LogP contribution in [0.25, 0.3) is 0 Å². The predicted octanol–water partition coefficient (Wildman–Crippen LogP) is 3.70. The van der Waals surface area contributed by atoms with Gasteiger partial charge >= 0.3 is 0 Å². The first-order valence-electron chi connectivity index (χ1n) is 6.63. The fourth-order valence-electron chi connectivity index (χ4n) is 2.62. The van der Waals surface area contributed by atoms with E-state index >= 15 is 0 Å². The maximum Gasteiger partial charge on any atom is 0.00732 e. The molecule has 0 heterocycles. The van der Waals surface area contributed by atoms with Gasteiger partial charge in [-0.15, -0.1) is 0 Å². The predicted molar refractivity (Wildman–Crippen MR) is 69.4 cm³/mol. The minimum atomic E-state index is 0.428. The van der Waals surface area contributed by atoms with E-state index in [0.29, 0.717) is 6.04 Å². The van der Waals surface area contributed by atoms with E-state index in [1.165, 1.54) is 37.7 Å². The molecule has 16 heavy (non-hydrogen) atoms. The van der Waals surface area contributed by atoms with Crippen LogP contribution in [0.3, 0.4) is 0 Å². The van der Waals surface area contributed by atoms with E-state index in [2.05, 4.69) is 37.3 Å². The van der Waals surface area contributed by atoms with Gasteiger partial charge in [0.25, 0.3) is 0 Å². The maximum atomic E-state index is 6.25. The lowest BCUT2D eigenvalue weighted by Crippen LogP contribution is -2.22. The Hall–Kier alpha value is -0.820. The first-order valence-corrected chi connectivity index (χ1v) is 6.63. The molecule has 1 fully saturated rings. The van der Waals surface area contributed by atoms with Crippen LogP contribution in [0, 0.1) is 5.92 Å². The lowest BCUT2D eigenvalue weighted by molar-refractivity contribution is 0.505. The van der Waals surface area contributed by atoms with Gasteiger partial charge in [-0.3, -0.25) is 0 Å². The van der Waals surface area contributed by atoms with E-state index in [1.54, 1.807) is 0 Å². The van der Waals surface area contributed by atoms with Gasteiger partial charge in [0.05, 0.1) is 0 Å². The quantitative estimate of drug-likeness (QED) is 0.722. The van der Waals surface area contributed by atoms with Gasteiger partial charge in [-0.25, -0.2) is 0 Å². The summed E-state index contributed by atoms with van der Waals surface area (Å²) in [6, 6.07) is 11.3. The van der Waals surface area contributed by atoms with Gasteiger partial charge in [-0.2, -0.15) is 0 Å². The summed E-state index contributed by atoms with van der Waals surface area (Å²) in [5.74, 6) is 1.50.